The highest BCUT2D eigenvalue weighted by Gasteiger charge is 2.33. The summed E-state index contributed by atoms with van der Waals surface area (Å²) in [4.78, 5) is 13.8. The molecule has 1 amide bonds. The Balaban J connectivity index is 1.99. The summed E-state index contributed by atoms with van der Waals surface area (Å²) in [5, 5.41) is 9.85. The summed E-state index contributed by atoms with van der Waals surface area (Å²) in [6.07, 6.45) is 1.00. The maximum Gasteiger partial charge on any atom is 0.227 e. The summed E-state index contributed by atoms with van der Waals surface area (Å²) in [5.74, 6) is 0.815. The first kappa shape index (κ1) is 12.9. The molecule has 4 heteroatoms. The predicted molar refractivity (Wildman–Crippen MR) is 68.5 cm³/mol. The molecule has 4 nitrogen and oxygen atoms in total. The van der Waals surface area contributed by atoms with E-state index in [0.29, 0.717) is 25.9 Å². The van der Waals surface area contributed by atoms with Gasteiger partial charge in [0.1, 0.15) is 5.75 Å². The topological polar surface area (TPSA) is 49.8 Å². The Morgan fingerprint density at radius 3 is 2.94 bits per heavy atom. The first-order valence-electron chi connectivity index (χ1n) is 6.13. The third-order valence-electron chi connectivity index (χ3n) is 3.29. The molecular formula is C14H19NO3. The van der Waals surface area contributed by atoms with Crippen LogP contribution in [0.25, 0.3) is 0 Å². The van der Waals surface area contributed by atoms with Crippen molar-refractivity contribution in [1.82, 2.24) is 4.90 Å². The maximum absolute atomic E-state index is 12.1. The van der Waals surface area contributed by atoms with Crippen LogP contribution in [0.4, 0.5) is 0 Å². The lowest BCUT2D eigenvalue weighted by atomic mass is 10.1. The first-order chi connectivity index (χ1) is 8.50. The molecule has 0 aromatic heterocycles. The summed E-state index contributed by atoms with van der Waals surface area (Å²) < 4.78 is 5.13. The Morgan fingerprint density at radius 2 is 2.33 bits per heavy atom. The van der Waals surface area contributed by atoms with Crippen molar-refractivity contribution < 1.29 is 14.6 Å². The highest BCUT2D eigenvalue weighted by atomic mass is 16.5. The third-order valence-corrected chi connectivity index (χ3v) is 3.29. The minimum Gasteiger partial charge on any atom is -0.497 e. The number of nitrogens with zero attached hydrogens (tertiary/aromatic N) is 1. The van der Waals surface area contributed by atoms with Gasteiger partial charge in [0.25, 0.3) is 0 Å². The first-order valence-corrected chi connectivity index (χ1v) is 6.13. The van der Waals surface area contributed by atoms with Crippen molar-refractivity contribution in [2.24, 2.45) is 0 Å². The molecule has 0 bridgehead atoms. The Morgan fingerprint density at radius 1 is 1.56 bits per heavy atom. The van der Waals surface area contributed by atoms with E-state index in [1.165, 1.54) is 0 Å². The standard InChI is InChI=1S/C14H19NO3/c1-14(17)6-7-15(10-14)13(16)9-11-4-3-5-12(8-11)18-2/h3-5,8,17H,6-7,9-10H2,1-2H3. The number of benzene rings is 1. The number of rotatable bonds is 3. The number of methoxy groups -OCH3 is 1. The monoisotopic (exact) mass is 249 g/mol. The van der Waals surface area contributed by atoms with Crippen molar-refractivity contribution in [3.8, 4) is 5.75 Å². The Hall–Kier alpha value is -1.55. The number of likely N-dealkylation sites (tertiary alicyclic amines) is 1. The molecule has 1 aromatic rings. The van der Waals surface area contributed by atoms with Crippen molar-refractivity contribution in [3.63, 3.8) is 0 Å². The van der Waals surface area contributed by atoms with Crippen LogP contribution in [0.15, 0.2) is 24.3 Å². The van der Waals surface area contributed by atoms with E-state index in [0.717, 1.165) is 11.3 Å². The molecule has 0 aliphatic carbocycles. The number of hydrogen-bond acceptors (Lipinski definition) is 3. The number of carbonyl (C=O) groups is 1. The summed E-state index contributed by atoms with van der Waals surface area (Å²) in [6, 6.07) is 7.51. The number of ether oxygens (including phenoxy) is 1. The van der Waals surface area contributed by atoms with Gasteiger partial charge < -0.3 is 14.7 Å². The van der Waals surface area contributed by atoms with Crippen LogP contribution < -0.4 is 4.74 Å². The Kier molecular flexibility index (Phi) is 3.57. The summed E-state index contributed by atoms with van der Waals surface area (Å²) in [6.45, 7) is 2.83. The zero-order valence-corrected chi connectivity index (χ0v) is 10.8. The van der Waals surface area contributed by atoms with Gasteiger partial charge in [0.2, 0.25) is 5.91 Å². The molecular weight excluding hydrogens is 230 g/mol. The van der Waals surface area contributed by atoms with Crippen LogP contribution in [0.1, 0.15) is 18.9 Å². The van der Waals surface area contributed by atoms with Gasteiger partial charge in [0.15, 0.2) is 0 Å². The van der Waals surface area contributed by atoms with Crippen molar-refractivity contribution in [1.29, 1.82) is 0 Å². The molecule has 1 atom stereocenters. The lowest BCUT2D eigenvalue weighted by Crippen LogP contribution is -2.34. The quantitative estimate of drug-likeness (QED) is 0.876. The molecule has 1 fully saturated rings. The molecule has 18 heavy (non-hydrogen) atoms. The molecule has 0 saturated carbocycles. The zero-order chi connectivity index (χ0) is 13.2. The molecule has 1 unspecified atom stereocenters. The van der Waals surface area contributed by atoms with E-state index in [4.69, 9.17) is 4.74 Å². The Labute approximate surface area is 107 Å². The number of carbonyl (C=O) groups excluding carboxylic acids is 1. The number of amides is 1. The third kappa shape index (κ3) is 3.01. The minimum absolute atomic E-state index is 0.0565. The fraction of sp³-hybridized carbons (Fsp3) is 0.500. The maximum atomic E-state index is 12.1. The average Bonchev–Trinajstić information content (AvgIpc) is 2.70. The second kappa shape index (κ2) is 4.98. The van der Waals surface area contributed by atoms with E-state index >= 15 is 0 Å². The molecule has 1 aliphatic rings. The molecule has 1 aliphatic heterocycles. The van der Waals surface area contributed by atoms with Gasteiger partial charge in [-0.15, -0.1) is 0 Å². The highest BCUT2D eigenvalue weighted by Crippen LogP contribution is 2.21. The highest BCUT2D eigenvalue weighted by molar-refractivity contribution is 5.79. The van der Waals surface area contributed by atoms with Crippen LogP contribution in [-0.2, 0) is 11.2 Å². The van der Waals surface area contributed by atoms with Crippen molar-refractivity contribution in [2.45, 2.75) is 25.4 Å². The lowest BCUT2D eigenvalue weighted by Gasteiger charge is -2.19. The van der Waals surface area contributed by atoms with Crippen molar-refractivity contribution in [2.75, 3.05) is 20.2 Å². The molecule has 0 radical (unpaired) electrons. The van der Waals surface area contributed by atoms with Crippen LogP contribution in [-0.4, -0.2) is 41.7 Å². The van der Waals surface area contributed by atoms with Crippen LogP contribution in [0.3, 0.4) is 0 Å². The van der Waals surface area contributed by atoms with E-state index in [2.05, 4.69) is 0 Å². The summed E-state index contributed by atoms with van der Waals surface area (Å²) in [5.41, 5.74) is 0.204. The largest absolute Gasteiger partial charge is 0.497 e. The van der Waals surface area contributed by atoms with Crippen LogP contribution in [0.5, 0.6) is 5.75 Å². The fourth-order valence-electron chi connectivity index (χ4n) is 2.23. The van der Waals surface area contributed by atoms with E-state index in [1.807, 2.05) is 24.3 Å². The van der Waals surface area contributed by atoms with E-state index < -0.39 is 5.60 Å². The van der Waals surface area contributed by atoms with E-state index in [9.17, 15) is 9.90 Å². The molecule has 1 aromatic carbocycles. The Bertz CT molecular complexity index is 442. The zero-order valence-electron chi connectivity index (χ0n) is 10.8. The van der Waals surface area contributed by atoms with Gasteiger partial charge in [-0.2, -0.15) is 0 Å². The minimum atomic E-state index is -0.732. The van der Waals surface area contributed by atoms with Crippen LogP contribution in [0.2, 0.25) is 0 Å². The predicted octanol–water partition coefficient (Wildman–Crippen LogP) is 1.22. The SMILES string of the molecule is COc1cccc(CC(=O)N2CCC(C)(O)C2)c1. The van der Waals surface area contributed by atoms with Gasteiger partial charge in [-0.1, -0.05) is 12.1 Å². The molecule has 2 rings (SSSR count). The van der Waals surface area contributed by atoms with Gasteiger partial charge in [-0.25, -0.2) is 0 Å². The summed E-state index contributed by atoms with van der Waals surface area (Å²) in [7, 11) is 1.61. The number of hydrogen-bond donors (Lipinski definition) is 1. The van der Waals surface area contributed by atoms with Gasteiger partial charge in [-0.05, 0) is 31.0 Å². The number of β-amino-alcohol motifs (C(OH)–C–C–N with tert-alkyl or cyclic N) is 1. The van der Waals surface area contributed by atoms with Crippen molar-refractivity contribution in [3.05, 3.63) is 29.8 Å². The second-order valence-electron chi connectivity index (χ2n) is 5.09. The molecule has 1 saturated heterocycles. The van der Waals surface area contributed by atoms with Gasteiger partial charge in [0.05, 0.1) is 19.1 Å². The van der Waals surface area contributed by atoms with E-state index in [1.54, 1.807) is 18.9 Å². The fourth-order valence-corrected chi connectivity index (χ4v) is 2.23. The normalized spacial score (nSPS) is 23.2. The number of aliphatic hydroxyl groups is 1. The molecule has 98 valence electrons. The van der Waals surface area contributed by atoms with Gasteiger partial charge >= 0.3 is 0 Å². The molecule has 1 N–H and O–H groups in total. The van der Waals surface area contributed by atoms with Gasteiger partial charge in [-0.3, -0.25) is 4.79 Å². The van der Waals surface area contributed by atoms with E-state index in [-0.39, 0.29) is 5.91 Å². The molecule has 0 spiro atoms. The van der Waals surface area contributed by atoms with Crippen molar-refractivity contribution >= 4 is 5.91 Å². The van der Waals surface area contributed by atoms with Gasteiger partial charge in [0, 0.05) is 13.1 Å². The molecule has 1 heterocycles. The smallest absolute Gasteiger partial charge is 0.227 e. The lowest BCUT2D eigenvalue weighted by molar-refractivity contribution is -0.130. The summed E-state index contributed by atoms with van der Waals surface area (Å²) >= 11 is 0. The second-order valence-corrected chi connectivity index (χ2v) is 5.09. The van der Waals surface area contributed by atoms with Crippen LogP contribution >= 0.6 is 0 Å². The van der Waals surface area contributed by atoms with Crippen LogP contribution in [0, 0.1) is 0 Å². The average molecular weight is 249 g/mol.